The normalized spacial score (nSPS) is 17.0. The number of fused-ring (bicyclic) bond motifs is 1. The van der Waals surface area contributed by atoms with E-state index in [-0.39, 0.29) is 29.5 Å². The summed E-state index contributed by atoms with van der Waals surface area (Å²) in [5, 5.41) is 0. The van der Waals surface area contributed by atoms with E-state index in [4.69, 9.17) is 0 Å². The van der Waals surface area contributed by atoms with Gasteiger partial charge in [-0.2, -0.15) is 0 Å². The maximum absolute atomic E-state index is 13.8. The first-order valence-corrected chi connectivity index (χ1v) is 8.50. The Hall–Kier alpha value is -2.21. The molecule has 0 atom stereocenters. The van der Waals surface area contributed by atoms with E-state index in [0.29, 0.717) is 11.3 Å². The standard InChI is InChI=1S/C16H14FNO3S/c17-13-6-2-1-5-12(13)11-18-14-7-3-4-8-15(14)22(20,21)10-9-16(18)19/h1-8H,9-11H2. The van der Waals surface area contributed by atoms with Gasteiger partial charge in [0.1, 0.15) is 5.82 Å². The molecule has 3 rings (SSSR count). The van der Waals surface area contributed by atoms with Crippen molar-refractivity contribution in [3.63, 3.8) is 0 Å². The van der Waals surface area contributed by atoms with E-state index in [2.05, 4.69) is 0 Å². The number of anilines is 1. The number of halogens is 1. The number of hydrogen-bond acceptors (Lipinski definition) is 3. The largest absolute Gasteiger partial charge is 0.307 e. The van der Waals surface area contributed by atoms with Gasteiger partial charge in [-0.05, 0) is 18.2 Å². The SMILES string of the molecule is O=C1CCS(=O)(=O)c2ccccc2N1Cc1ccccc1F. The lowest BCUT2D eigenvalue weighted by atomic mass is 10.1. The van der Waals surface area contributed by atoms with Crippen LogP contribution in [0.25, 0.3) is 0 Å². The maximum atomic E-state index is 13.8. The zero-order valence-corrected chi connectivity index (χ0v) is 12.5. The third kappa shape index (κ3) is 2.62. The van der Waals surface area contributed by atoms with E-state index in [1.54, 1.807) is 36.4 Å². The summed E-state index contributed by atoms with van der Waals surface area (Å²) in [6.07, 6.45) is -0.106. The minimum Gasteiger partial charge on any atom is -0.307 e. The number of rotatable bonds is 2. The Labute approximate surface area is 128 Å². The van der Waals surface area contributed by atoms with Crippen LogP contribution in [0.2, 0.25) is 0 Å². The molecule has 22 heavy (non-hydrogen) atoms. The second kappa shape index (κ2) is 5.53. The van der Waals surface area contributed by atoms with Gasteiger partial charge in [0, 0.05) is 12.0 Å². The first kappa shape index (κ1) is 14.7. The molecule has 0 aliphatic carbocycles. The number of hydrogen-bond donors (Lipinski definition) is 0. The van der Waals surface area contributed by atoms with Crippen LogP contribution in [-0.4, -0.2) is 20.1 Å². The average molecular weight is 319 g/mol. The van der Waals surface area contributed by atoms with Gasteiger partial charge in [-0.25, -0.2) is 12.8 Å². The van der Waals surface area contributed by atoms with Crippen molar-refractivity contribution in [3.05, 3.63) is 59.9 Å². The van der Waals surface area contributed by atoms with Gasteiger partial charge < -0.3 is 4.90 Å². The second-order valence-electron chi connectivity index (χ2n) is 5.11. The molecule has 0 radical (unpaired) electrons. The predicted octanol–water partition coefficient (Wildman–Crippen LogP) is 2.54. The van der Waals surface area contributed by atoms with Crippen LogP contribution in [0.4, 0.5) is 10.1 Å². The monoisotopic (exact) mass is 319 g/mol. The zero-order chi connectivity index (χ0) is 15.7. The molecular weight excluding hydrogens is 305 g/mol. The number of para-hydroxylation sites is 1. The molecule has 1 aliphatic rings. The molecule has 0 fully saturated rings. The summed E-state index contributed by atoms with van der Waals surface area (Å²) >= 11 is 0. The van der Waals surface area contributed by atoms with Crippen molar-refractivity contribution >= 4 is 21.4 Å². The summed E-state index contributed by atoms with van der Waals surface area (Å²) in [4.78, 5) is 13.8. The average Bonchev–Trinajstić information content (AvgIpc) is 2.60. The van der Waals surface area contributed by atoms with E-state index < -0.39 is 15.7 Å². The van der Waals surface area contributed by atoms with Gasteiger partial charge >= 0.3 is 0 Å². The number of nitrogens with zero attached hydrogens (tertiary/aromatic N) is 1. The van der Waals surface area contributed by atoms with Gasteiger partial charge in [0.2, 0.25) is 5.91 Å². The summed E-state index contributed by atoms with van der Waals surface area (Å²) in [6, 6.07) is 12.5. The topological polar surface area (TPSA) is 54.5 Å². The van der Waals surface area contributed by atoms with Gasteiger partial charge in [0.05, 0.1) is 22.9 Å². The van der Waals surface area contributed by atoms with Gasteiger partial charge in [0.25, 0.3) is 0 Å². The highest BCUT2D eigenvalue weighted by Gasteiger charge is 2.30. The highest BCUT2D eigenvalue weighted by Crippen LogP contribution is 2.31. The Morgan fingerprint density at radius 2 is 1.73 bits per heavy atom. The number of carbonyl (C=O) groups excluding carboxylic acids is 1. The lowest BCUT2D eigenvalue weighted by Gasteiger charge is -2.22. The van der Waals surface area contributed by atoms with E-state index in [9.17, 15) is 17.6 Å². The highest BCUT2D eigenvalue weighted by atomic mass is 32.2. The molecular formula is C16H14FNO3S. The molecule has 0 saturated heterocycles. The van der Waals surface area contributed by atoms with Crippen molar-refractivity contribution in [2.75, 3.05) is 10.7 Å². The minimum atomic E-state index is -3.50. The second-order valence-corrected chi connectivity index (χ2v) is 7.19. The Kier molecular flexibility index (Phi) is 3.70. The van der Waals surface area contributed by atoms with Gasteiger partial charge in [-0.1, -0.05) is 30.3 Å². The van der Waals surface area contributed by atoms with Crippen molar-refractivity contribution in [1.82, 2.24) is 0 Å². The highest BCUT2D eigenvalue weighted by molar-refractivity contribution is 7.91. The van der Waals surface area contributed by atoms with E-state index in [1.165, 1.54) is 17.0 Å². The fourth-order valence-corrected chi connectivity index (χ4v) is 3.96. The summed E-state index contributed by atoms with van der Waals surface area (Å²) < 4.78 is 38.3. The van der Waals surface area contributed by atoms with Gasteiger partial charge in [-0.15, -0.1) is 0 Å². The maximum Gasteiger partial charge on any atom is 0.228 e. The Morgan fingerprint density at radius 3 is 2.50 bits per heavy atom. The lowest BCUT2D eigenvalue weighted by molar-refractivity contribution is -0.118. The first-order chi connectivity index (χ1) is 10.5. The summed E-state index contributed by atoms with van der Waals surface area (Å²) in [5.41, 5.74) is 0.665. The summed E-state index contributed by atoms with van der Waals surface area (Å²) in [5.74, 6) is -0.965. The van der Waals surface area contributed by atoms with Crippen molar-refractivity contribution < 1.29 is 17.6 Å². The van der Waals surface area contributed by atoms with E-state index >= 15 is 0 Å². The van der Waals surface area contributed by atoms with Crippen LogP contribution in [0.5, 0.6) is 0 Å². The van der Waals surface area contributed by atoms with Crippen molar-refractivity contribution in [2.45, 2.75) is 17.9 Å². The van der Waals surface area contributed by atoms with Crippen LogP contribution in [0, 0.1) is 5.82 Å². The van der Waals surface area contributed by atoms with Crippen LogP contribution in [0.3, 0.4) is 0 Å². The smallest absolute Gasteiger partial charge is 0.228 e. The molecule has 0 spiro atoms. The molecule has 0 aromatic heterocycles. The summed E-state index contributed by atoms with van der Waals surface area (Å²) in [7, 11) is -3.50. The van der Waals surface area contributed by atoms with E-state index in [1.807, 2.05) is 0 Å². The van der Waals surface area contributed by atoms with Crippen molar-refractivity contribution in [1.29, 1.82) is 0 Å². The Balaban J connectivity index is 2.10. The molecule has 0 saturated carbocycles. The number of amides is 1. The fourth-order valence-electron chi connectivity index (χ4n) is 2.51. The zero-order valence-electron chi connectivity index (χ0n) is 11.7. The number of sulfone groups is 1. The molecule has 1 amide bonds. The third-order valence-electron chi connectivity index (χ3n) is 3.66. The number of carbonyl (C=O) groups is 1. The Bertz CT molecular complexity index is 833. The molecule has 0 N–H and O–H groups in total. The first-order valence-electron chi connectivity index (χ1n) is 6.84. The molecule has 2 aromatic rings. The Morgan fingerprint density at radius 1 is 1.05 bits per heavy atom. The molecule has 0 bridgehead atoms. The van der Waals surface area contributed by atoms with Crippen molar-refractivity contribution in [2.24, 2.45) is 0 Å². The lowest BCUT2D eigenvalue weighted by Crippen LogP contribution is -2.30. The number of benzene rings is 2. The molecule has 0 unspecified atom stereocenters. The van der Waals surface area contributed by atoms with Gasteiger partial charge in [0.15, 0.2) is 9.84 Å². The summed E-state index contributed by atoms with van der Waals surface area (Å²) in [6.45, 7) is 0.0119. The fraction of sp³-hybridized carbons (Fsp3) is 0.188. The van der Waals surface area contributed by atoms with Crippen LogP contribution in [0.1, 0.15) is 12.0 Å². The molecule has 4 nitrogen and oxygen atoms in total. The third-order valence-corrected chi connectivity index (χ3v) is 5.42. The molecule has 1 heterocycles. The van der Waals surface area contributed by atoms with Gasteiger partial charge in [-0.3, -0.25) is 4.79 Å². The van der Waals surface area contributed by atoms with Crippen LogP contribution in [0.15, 0.2) is 53.4 Å². The minimum absolute atomic E-state index is 0.0119. The van der Waals surface area contributed by atoms with Crippen LogP contribution in [-0.2, 0) is 21.2 Å². The van der Waals surface area contributed by atoms with E-state index in [0.717, 1.165) is 0 Å². The van der Waals surface area contributed by atoms with Crippen LogP contribution < -0.4 is 4.90 Å². The molecule has 2 aromatic carbocycles. The molecule has 6 heteroatoms. The quantitative estimate of drug-likeness (QED) is 0.855. The van der Waals surface area contributed by atoms with Crippen molar-refractivity contribution in [3.8, 4) is 0 Å². The van der Waals surface area contributed by atoms with Crippen LogP contribution >= 0.6 is 0 Å². The molecule has 114 valence electrons. The molecule has 1 aliphatic heterocycles. The predicted molar refractivity (Wildman–Crippen MR) is 80.7 cm³/mol.